The lowest BCUT2D eigenvalue weighted by molar-refractivity contribution is -0.133. The molecule has 0 aromatic heterocycles. The van der Waals surface area contributed by atoms with E-state index in [0.29, 0.717) is 25.0 Å². The Morgan fingerprint density at radius 1 is 1.15 bits per heavy atom. The van der Waals surface area contributed by atoms with Crippen LogP contribution in [0.1, 0.15) is 73.1 Å². The molecule has 0 fully saturated rings. The highest BCUT2D eigenvalue weighted by molar-refractivity contribution is 5.82. The van der Waals surface area contributed by atoms with Gasteiger partial charge in [0.15, 0.2) is 0 Å². The minimum Gasteiger partial charge on any atom is -0.379 e. The largest absolute Gasteiger partial charge is 0.379 e. The number of carbonyl (C=O) groups is 1. The summed E-state index contributed by atoms with van der Waals surface area (Å²) in [5.41, 5.74) is -0.314. The van der Waals surface area contributed by atoms with Crippen molar-refractivity contribution in [1.82, 2.24) is 5.32 Å². The number of rotatable bonds is 11. The molecular weight excluding hydrogens is 326 g/mol. The van der Waals surface area contributed by atoms with Gasteiger partial charge in [-0.15, -0.1) is 0 Å². The molecule has 1 rings (SSSR count). The van der Waals surface area contributed by atoms with Crippen LogP contribution in [0.15, 0.2) is 12.2 Å². The van der Waals surface area contributed by atoms with Crippen LogP contribution in [0.25, 0.3) is 0 Å². The fraction of sp³-hybridized carbons (Fsp3) is 0.864. The Morgan fingerprint density at radius 2 is 1.77 bits per heavy atom. The maximum absolute atomic E-state index is 13.1. The van der Waals surface area contributed by atoms with Crippen molar-refractivity contribution >= 4 is 5.91 Å². The fourth-order valence-electron chi connectivity index (χ4n) is 3.39. The van der Waals surface area contributed by atoms with Crippen LogP contribution < -0.4 is 5.32 Å². The van der Waals surface area contributed by atoms with Crippen molar-refractivity contribution in [1.29, 1.82) is 0 Å². The third kappa shape index (κ3) is 8.22. The number of hydrogen-bond donors (Lipinski definition) is 1. The molecule has 1 aliphatic rings. The summed E-state index contributed by atoms with van der Waals surface area (Å²) in [6.07, 6.45) is 10.5. The molecule has 2 unspecified atom stereocenters. The van der Waals surface area contributed by atoms with Gasteiger partial charge in [-0.05, 0) is 50.4 Å². The molecule has 0 radical (unpaired) electrons. The Kier molecular flexibility index (Phi) is 11.1. The van der Waals surface area contributed by atoms with E-state index in [1.54, 1.807) is 0 Å². The van der Waals surface area contributed by atoms with Gasteiger partial charge < -0.3 is 14.8 Å². The fourth-order valence-corrected chi connectivity index (χ4v) is 3.39. The van der Waals surface area contributed by atoms with Crippen LogP contribution in [0.5, 0.6) is 0 Å². The van der Waals surface area contributed by atoms with Gasteiger partial charge in [-0.25, -0.2) is 0 Å². The normalized spacial score (nSPS) is 25.1. The maximum Gasteiger partial charge on any atom is 0.226 e. The summed E-state index contributed by atoms with van der Waals surface area (Å²) < 4.78 is 11.4. The Labute approximate surface area is 161 Å². The maximum atomic E-state index is 13.1. The lowest BCUT2D eigenvalue weighted by Crippen LogP contribution is -2.48. The van der Waals surface area contributed by atoms with Crippen LogP contribution in [-0.4, -0.2) is 38.4 Å². The smallest absolute Gasteiger partial charge is 0.226 e. The van der Waals surface area contributed by atoms with E-state index in [2.05, 4.69) is 52.1 Å². The van der Waals surface area contributed by atoms with Crippen molar-refractivity contribution in [3.05, 3.63) is 12.2 Å². The monoisotopic (exact) mass is 367 g/mol. The molecule has 152 valence electrons. The highest BCUT2D eigenvalue weighted by Gasteiger charge is 2.35. The third-order valence-electron chi connectivity index (χ3n) is 5.35. The molecule has 0 spiro atoms. The van der Waals surface area contributed by atoms with Gasteiger partial charge >= 0.3 is 0 Å². The Morgan fingerprint density at radius 3 is 2.31 bits per heavy atom. The van der Waals surface area contributed by atoms with Gasteiger partial charge in [0.2, 0.25) is 5.91 Å². The Balaban J connectivity index is 2.67. The average Bonchev–Trinajstić information content (AvgIpc) is 2.58. The Bertz CT molecular complexity index is 412. The number of ether oxygens (including phenoxy) is 2. The molecule has 1 N–H and O–H groups in total. The standard InChI is InChI=1S/C22H41NO3/c1-6-14-25-16-20(17-26-15-7-2)23-21(24)22(5)12-9-8-10-19(11-13-22)18(3)4/h8,10,18-20H,6-7,9,11-17H2,1-5H3,(H,23,24)/b10-8+. The molecule has 26 heavy (non-hydrogen) atoms. The quantitative estimate of drug-likeness (QED) is 0.424. The van der Waals surface area contributed by atoms with E-state index in [1.807, 2.05) is 0 Å². The number of nitrogens with one attached hydrogen (secondary N) is 1. The third-order valence-corrected chi connectivity index (χ3v) is 5.35. The first-order chi connectivity index (χ1) is 12.4. The predicted molar refractivity (Wildman–Crippen MR) is 108 cm³/mol. The topological polar surface area (TPSA) is 47.6 Å². The van der Waals surface area contributed by atoms with Crippen LogP contribution >= 0.6 is 0 Å². The predicted octanol–water partition coefficient (Wildman–Crippen LogP) is 4.73. The van der Waals surface area contributed by atoms with Gasteiger partial charge in [-0.3, -0.25) is 4.79 Å². The molecule has 0 aromatic carbocycles. The molecular formula is C22H41NO3. The molecule has 0 saturated carbocycles. The van der Waals surface area contributed by atoms with Crippen molar-refractivity contribution in [2.45, 2.75) is 79.2 Å². The summed E-state index contributed by atoms with van der Waals surface area (Å²) >= 11 is 0. The summed E-state index contributed by atoms with van der Waals surface area (Å²) in [5.74, 6) is 1.34. The van der Waals surface area contributed by atoms with Gasteiger partial charge in [-0.1, -0.05) is 46.8 Å². The Hall–Kier alpha value is -0.870. The van der Waals surface area contributed by atoms with E-state index in [-0.39, 0.29) is 17.4 Å². The van der Waals surface area contributed by atoms with Crippen molar-refractivity contribution in [2.24, 2.45) is 17.3 Å². The van der Waals surface area contributed by atoms with Crippen LogP contribution in [0.4, 0.5) is 0 Å². The minimum atomic E-state index is -0.314. The van der Waals surface area contributed by atoms with Gasteiger partial charge in [0.05, 0.1) is 19.3 Å². The second-order valence-corrected chi connectivity index (χ2v) is 8.29. The van der Waals surface area contributed by atoms with E-state index in [9.17, 15) is 4.79 Å². The van der Waals surface area contributed by atoms with Crippen LogP contribution in [0.2, 0.25) is 0 Å². The van der Waals surface area contributed by atoms with Gasteiger partial charge in [0, 0.05) is 18.6 Å². The summed E-state index contributed by atoms with van der Waals surface area (Å²) in [7, 11) is 0. The number of carbonyl (C=O) groups excluding carboxylic acids is 1. The van der Waals surface area contributed by atoms with E-state index in [4.69, 9.17) is 9.47 Å². The zero-order chi connectivity index (χ0) is 19.4. The lowest BCUT2D eigenvalue weighted by atomic mass is 9.74. The molecule has 0 bridgehead atoms. The molecule has 4 nitrogen and oxygen atoms in total. The molecule has 4 heteroatoms. The zero-order valence-electron chi connectivity index (χ0n) is 17.7. The minimum absolute atomic E-state index is 0.0701. The molecule has 0 saturated heterocycles. The number of hydrogen-bond acceptors (Lipinski definition) is 3. The van der Waals surface area contributed by atoms with Crippen molar-refractivity contribution < 1.29 is 14.3 Å². The molecule has 1 aliphatic carbocycles. The zero-order valence-corrected chi connectivity index (χ0v) is 17.7. The molecule has 0 aromatic rings. The second-order valence-electron chi connectivity index (χ2n) is 8.29. The van der Waals surface area contributed by atoms with Crippen LogP contribution in [-0.2, 0) is 14.3 Å². The SMILES string of the molecule is CCCOCC(COCCC)NC(=O)C1(C)CC/C=C/C(C(C)C)CC1. The summed E-state index contributed by atoms with van der Waals surface area (Å²) in [6, 6.07) is -0.0701. The highest BCUT2D eigenvalue weighted by atomic mass is 16.5. The number of allylic oxidation sites excluding steroid dienone is 2. The van der Waals surface area contributed by atoms with Crippen LogP contribution in [0, 0.1) is 17.3 Å². The molecule has 0 aliphatic heterocycles. The first-order valence-corrected chi connectivity index (χ1v) is 10.6. The first-order valence-electron chi connectivity index (χ1n) is 10.6. The van der Waals surface area contributed by atoms with Gasteiger partial charge in [0.1, 0.15) is 0 Å². The van der Waals surface area contributed by atoms with Gasteiger partial charge in [-0.2, -0.15) is 0 Å². The summed E-state index contributed by atoms with van der Waals surface area (Å²) in [5, 5.41) is 3.22. The van der Waals surface area contributed by atoms with Crippen molar-refractivity contribution in [3.8, 4) is 0 Å². The van der Waals surface area contributed by atoms with E-state index >= 15 is 0 Å². The second kappa shape index (κ2) is 12.5. The van der Waals surface area contributed by atoms with Gasteiger partial charge in [0.25, 0.3) is 0 Å². The van der Waals surface area contributed by atoms with E-state index in [0.717, 1.165) is 51.7 Å². The lowest BCUT2D eigenvalue weighted by Gasteiger charge is -2.33. The summed E-state index contributed by atoms with van der Waals surface area (Å²) in [4.78, 5) is 13.1. The van der Waals surface area contributed by atoms with Crippen molar-refractivity contribution in [3.63, 3.8) is 0 Å². The molecule has 2 atom stereocenters. The van der Waals surface area contributed by atoms with Crippen LogP contribution in [0.3, 0.4) is 0 Å². The van der Waals surface area contributed by atoms with E-state index in [1.165, 1.54) is 0 Å². The van der Waals surface area contributed by atoms with Crippen molar-refractivity contribution in [2.75, 3.05) is 26.4 Å². The molecule has 0 heterocycles. The van der Waals surface area contributed by atoms with E-state index < -0.39 is 0 Å². The number of amides is 1. The highest BCUT2D eigenvalue weighted by Crippen LogP contribution is 2.35. The summed E-state index contributed by atoms with van der Waals surface area (Å²) in [6.45, 7) is 13.3. The average molecular weight is 368 g/mol. The first kappa shape index (κ1) is 23.2. The molecule has 1 amide bonds.